The van der Waals surface area contributed by atoms with E-state index in [0.29, 0.717) is 30.6 Å². The summed E-state index contributed by atoms with van der Waals surface area (Å²) >= 11 is 0. The van der Waals surface area contributed by atoms with Crippen LogP contribution in [0.2, 0.25) is 0 Å². The minimum atomic E-state index is -0.989. The molecule has 2 amide bonds. The van der Waals surface area contributed by atoms with E-state index in [1.54, 1.807) is 43.0 Å². The van der Waals surface area contributed by atoms with Gasteiger partial charge in [-0.3, -0.25) is 4.68 Å². The van der Waals surface area contributed by atoms with E-state index in [0.717, 1.165) is 0 Å². The summed E-state index contributed by atoms with van der Waals surface area (Å²) in [5.74, 6) is 0.425. The topological polar surface area (TPSA) is 92.3 Å². The molecule has 0 unspecified atom stereocenters. The van der Waals surface area contributed by atoms with Crippen LogP contribution in [0.1, 0.15) is 12.3 Å². The van der Waals surface area contributed by atoms with Gasteiger partial charge in [0, 0.05) is 40.2 Å². The summed E-state index contributed by atoms with van der Waals surface area (Å²) in [6.45, 7) is 2.21. The number of halogens is 1. The number of anilines is 2. The Bertz CT molecular complexity index is 716. The van der Waals surface area contributed by atoms with E-state index in [9.17, 15) is 9.18 Å². The Balaban J connectivity index is 1.63. The lowest BCUT2D eigenvalue weighted by Gasteiger charge is -2.27. The first-order chi connectivity index (χ1) is 11.4. The average Bonchev–Trinajstić information content (AvgIpc) is 3.20. The average molecular weight is 337 g/mol. The normalized spacial score (nSPS) is 20.4. The van der Waals surface area contributed by atoms with Gasteiger partial charge in [-0.05, 0) is 0 Å². The van der Waals surface area contributed by atoms with E-state index < -0.39 is 6.17 Å². The van der Waals surface area contributed by atoms with Crippen LogP contribution >= 0.6 is 0 Å². The van der Waals surface area contributed by atoms with Gasteiger partial charge in [-0.15, -0.1) is 5.10 Å². The number of alkyl halides is 1. The highest BCUT2D eigenvalue weighted by atomic mass is 19.1. The smallest absolute Gasteiger partial charge is 0.321 e. The molecule has 0 radical (unpaired) electrons. The van der Waals surface area contributed by atoms with Crippen molar-refractivity contribution < 1.29 is 13.6 Å². The molecule has 0 saturated carbocycles. The molecule has 3 heterocycles. The van der Waals surface area contributed by atoms with Gasteiger partial charge in [0.25, 0.3) is 0 Å². The zero-order valence-electron chi connectivity index (χ0n) is 13.8. The molecular formula is C14H20FN7O2. The first-order valence-corrected chi connectivity index (χ1v) is 7.64. The van der Waals surface area contributed by atoms with Crippen molar-refractivity contribution in [2.24, 2.45) is 7.05 Å². The van der Waals surface area contributed by atoms with E-state index in [4.69, 9.17) is 4.42 Å². The Labute approximate surface area is 138 Å². The van der Waals surface area contributed by atoms with Crippen LogP contribution in [-0.2, 0) is 7.05 Å². The number of carbonyl (C=O) groups excluding carboxylic acids is 1. The van der Waals surface area contributed by atoms with Crippen LogP contribution in [0.5, 0.6) is 0 Å². The van der Waals surface area contributed by atoms with Crippen LogP contribution in [0, 0.1) is 6.92 Å². The molecule has 2 aromatic heterocycles. The Hall–Kier alpha value is -2.65. The number of hydrogen-bond acceptors (Lipinski definition) is 6. The van der Waals surface area contributed by atoms with Crippen LogP contribution < -0.4 is 10.2 Å². The molecule has 3 rings (SSSR count). The van der Waals surface area contributed by atoms with Crippen molar-refractivity contribution in [1.82, 2.24) is 24.9 Å². The molecular weight excluding hydrogens is 317 g/mol. The maximum atomic E-state index is 13.9. The number of nitrogens with zero attached hydrogens (tertiary/aromatic N) is 6. The van der Waals surface area contributed by atoms with Crippen molar-refractivity contribution in [3.8, 4) is 0 Å². The molecule has 0 spiro atoms. The van der Waals surface area contributed by atoms with Gasteiger partial charge in [0.1, 0.15) is 6.17 Å². The molecule has 10 heteroatoms. The van der Waals surface area contributed by atoms with Gasteiger partial charge in [0.2, 0.25) is 5.89 Å². The fourth-order valence-electron chi connectivity index (χ4n) is 2.77. The van der Waals surface area contributed by atoms with E-state index >= 15 is 0 Å². The molecule has 0 bridgehead atoms. The molecule has 2 atom stereocenters. The molecule has 9 nitrogen and oxygen atoms in total. The minimum absolute atomic E-state index is 0.185. The van der Waals surface area contributed by atoms with Crippen LogP contribution in [0.3, 0.4) is 0 Å². The SMILES string of the molecule is Cc1nnc(N2C[C@@H](F)C[C@H]2CN(C)C(=O)Nc2cnn(C)c2)o1. The van der Waals surface area contributed by atoms with Crippen molar-refractivity contribution in [1.29, 1.82) is 0 Å². The maximum absolute atomic E-state index is 13.9. The number of nitrogens with one attached hydrogen (secondary N) is 1. The Kier molecular flexibility index (Phi) is 4.36. The third-order valence-corrected chi connectivity index (χ3v) is 3.91. The van der Waals surface area contributed by atoms with Crippen molar-refractivity contribution in [2.75, 3.05) is 30.4 Å². The van der Waals surface area contributed by atoms with Gasteiger partial charge >= 0.3 is 12.0 Å². The summed E-state index contributed by atoms with van der Waals surface area (Å²) < 4.78 is 20.8. The summed E-state index contributed by atoms with van der Waals surface area (Å²) in [7, 11) is 3.43. The van der Waals surface area contributed by atoms with Crippen molar-refractivity contribution in [2.45, 2.75) is 25.6 Å². The number of urea groups is 1. The summed E-state index contributed by atoms with van der Waals surface area (Å²) in [6.07, 6.45) is 2.59. The zero-order chi connectivity index (χ0) is 17.3. The van der Waals surface area contributed by atoms with E-state index in [1.165, 1.54) is 4.90 Å². The molecule has 1 fully saturated rings. The van der Waals surface area contributed by atoms with Crippen molar-refractivity contribution >= 4 is 17.7 Å². The standard InChI is InChI=1S/C14H20FN7O2/c1-9-18-19-14(24-9)22-6-10(15)4-12(22)8-20(2)13(23)17-11-5-16-21(3)7-11/h5,7,10,12H,4,6,8H2,1-3H3,(H,17,23)/t10-,12-/m0/s1. The first kappa shape index (κ1) is 16.2. The van der Waals surface area contributed by atoms with Crippen LogP contribution in [0.25, 0.3) is 0 Å². The number of aryl methyl sites for hydroxylation is 2. The Morgan fingerprint density at radius 3 is 2.96 bits per heavy atom. The van der Waals surface area contributed by atoms with Gasteiger partial charge < -0.3 is 19.5 Å². The monoisotopic (exact) mass is 337 g/mol. The van der Waals surface area contributed by atoms with Crippen LogP contribution in [-0.4, -0.2) is 63.3 Å². The highest BCUT2D eigenvalue weighted by Crippen LogP contribution is 2.26. The van der Waals surface area contributed by atoms with Gasteiger partial charge in [0.15, 0.2) is 0 Å². The maximum Gasteiger partial charge on any atom is 0.321 e. The Morgan fingerprint density at radius 2 is 2.33 bits per heavy atom. The summed E-state index contributed by atoms with van der Waals surface area (Å²) in [5, 5.41) is 14.5. The third-order valence-electron chi connectivity index (χ3n) is 3.91. The highest BCUT2D eigenvalue weighted by molar-refractivity contribution is 5.88. The lowest BCUT2D eigenvalue weighted by molar-refractivity contribution is 0.218. The van der Waals surface area contributed by atoms with E-state index in [2.05, 4.69) is 20.6 Å². The van der Waals surface area contributed by atoms with E-state index in [-0.39, 0.29) is 18.6 Å². The molecule has 0 aromatic carbocycles. The van der Waals surface area contributed by atoms with Crippen molar-refractivity contribution in [3.63, 3.8) is 0 Å². The summed E-state index contributed by atoms with van der Waals surface area (Å²) in [5.41, 5.74) is 0.605. The fraction of sp³-hybridized carbons (Fsp3) is 0.571. The Morgan fingerprint density at radius 1 is 1.54 bits per heavy atom. The summed E-state index contributed by atoms with van der Waals surface area (Å²) in [6, 6.07) is -0.213. The third kappa shape index (κ3) is 3.47. The van der Waals surface area contributed by atoms with E-state index in [1.807, 2.05) is 0 Å². The van der Waals surface area contributed by atoms with Gasteiger partial charge in [-0.2, -0.15) is 5.10 Å². The van der Waals surface area contributed by atoms with Gasteiger partial charge in [0.05, 0.1) is 24.5 Å². The molecule has 1 N–H and O–H groups in total. The molecule has 1 saturated heterocycles. The van der Waals surface area contributed by atoms with Gasteiger partial charge in [-0.1, -0.05) is 5.10 Å². The predicted molar refractivity (Wildman–Crippen MR) is 84.5 cm³/mol. The number of aromatic nitrogens is 4. The molecule has 0 aliphatic carbocycles. The lowest BCUT2D eigenvalue weighted by atomic mass is 10.2. The summed E-state index contributed by atoms with van der Waals surface area (Å²) in [4.78, 5) is 15.5. The van der Waals surface area contributed by atoms with Gasteiger partial charge in [-0.25, -0.2) is 9.18 Å². The highest BCUT2D eigenvalue weighted by Gasteiger charge is 2.36. The molecule has 24 heavy (non-hydrogen) atoms. The van der Waals surface area contributed by atoms with Crippen LogP contribution in [0.4, 0.5) is 20.9 Å². The number of likely N-dealkylation sites (N-methyl/N-ethyl adjacent to an activating group) is 1. The number of hydrogen-bond donors (Lipinski definition) is 1. The fourth-order valence-corrected chi connectivity index (χ4v) is 2.77. The second-order valence-electron chi connectivity index (χ2n) is 5.96. The quantitative estimate of drug-likeness (QED) is 0.901. The largest absolute Gasteiger partial charge is 0.408 e. The number of amides is 2. The molecule has 1 aliphatic heterocycles. The molecule has 130 valence electrons. The number of carbonyl (C=O) groups is 1. The van der Waals surface area contributed by atoms with Crippen molar-refractivity contribution in [3.05, 3.63) is 18.3 Å². The zero-order valence-corrected chi connectivity index (χ0v) is 13.8. The molecule has 1 aliphatic rings. The second kappa shape index (κ2) is 6.46. The minimum Gasteiger partial charge on any atom is -0.408 e. The number of rotatable bonds is 4. The van der Waals surface area contributed by atoms with Crippen LogP contribution in [0.15, 0.2) is 16.8 Å². The predicted octanol–water partition coefficient (Wildman–Crippen LogP) is 1.19. The first-order valence-electron chi connectivity index (χ1n) is 7.64. The lowest BCUT2D eigenvalue weighted by Crippen LogP contribution is -2.43. The second-order valence-corrected chi connectivity index (χ2v) is 5.96. The molecule has 2 aromatic rings.